The predicted octanol–water partition coefficient (Wildman–Crippen LogP) is 0.492. The Balaban J connectivity index is 0.000000310. The van der Waals surface area contributed by atoms with Crippen molar-refractivity contribution < 1.29 is 4.79 Å². The van der Waals surface area contributed by atoms with Crippen LogP contribution in [0.25, 0.3) is 0 Å². The van der Waals surface area contributed by atoms with E-state index >= 15 is 0 Å². The summed E-state index contributed by atoms with van der Waals surface area (Å²) in [5.74, 6) is -0.333. The van der Waals surface area contributed by atoms with E-state index in [1.54, 1.807) is 12.1 Å². The number of hydrogen-bond acceptors (Lipinski definition) is 3. The Morgan fingerprint density at radius 3 is 2.15 bits per heavy atom. The summed E-state index contributed by atoms with van der Waals surface area (Å²) in [5.41, 5.74) is 9.59. The van der Waals surface area contributed by atoms with E-state index < -0.39 is 0 Å². The first-order valence-corrected chi connectivity index (χ1v) is 3.39. The van der Waals surface area contributed by atoms with Gasteiger partial charge >= 0.3 is 0 Å². The molecule has 5 heteroatoms. The highest BCUT2D eigenvalue weighted by Gasteiger charge is 1.79. The fraction of sp³-hybridized carbons (Fsp3) is 0. The highest BCUT2D eigenvalue weighted by atomic mass is 16.1. The molecule has 0 spiro atoms. The summed E-state index contributed by atoms with van der Waals surface area (Å²) in [6.45, 7) is 0. The molecule has 5 N–H and O–H groups in total. The second-order valence-electron chi connectivity index (χ2n) is 1.99. The van der Waals surface area contributed by atoms with Gasteiger partial charge in [0.05, 0.1) is 5.69 Å². The van der Waals surface area contributed by atoms with Crippen molar-refractivity contribution in [2.24, 2.45) is 16.5 Å². The van der Waals surface area contributed by atoms with Gasteiger partial charge in [-0.3, -0.25) is 5.41 Å². The van der Waals surface area contributed by atoms with Crippen LogP contribution in [0.5, 0.6) is 0 Å². The van der Waals surface area contributed by atoms with Gasteiger partial charge in [-0.2, -0.15) is 4.99 Å². The number of hydrogen-bond donors (Lipinski definition) is 3. The SMILES string of the molecule is N=C(N)N.O=C=Nc1ccccc1. The number of nitrogens with two attached hydrogens (primary N) is 2. The highest BCUT2D eigenvalue weighted by Crippen LogP contribution is 2.06. The Bertz CT molecular complexity index is 299. The van der Waals surface area contributed by atoms with Crippen LogP contribution in [-0.4, -0.2) is 12.0 Å². The van der Waals surface area contributed by atoms with Crippen LogP contribution in [0.15, 0.2) is 35.3 Å². The molecule has 13 heavy (non-hydrogen) atoms. The van der Waals surface area contributed by atoms with E-state index in [0.29, 0.717) is 5.69 Å². The van der Waals surface area contributed by atoms with Gasteiger partial charge < -0.3 is 11.5 Å². The third kappa shape index (κ3) is 7.77. The Labute approximate surface area is 75.6 Å². The van der Waals surface area contributed by atoms with Crippen molar-refractivity contribution in [3.63, 3.8) is 0 Å². The van der Waals surface area contributed by atoms with E-state index in [0.717, 1.165) is 0 Å². The zero-order valence-corrected chi connectivity index (χ0v) is 6.90. The second kappa shape index (κ2) is 6.57. The maximum atomic E-state index is 9.68. The van der Waals surface area contributed by atoms with E-state index in [4.69, 9.17) is 5.41 Å². The van der Waals surface area contributed by atoms with Gasteiger partial charge in [-0.15, -0.1) is 0 Å². The van der Waals surface area contributed by atoms with Crippen LogP contribution < -0.4 is 11.5 Å². The maximum Gasteiger partial charge on any atom is 0.240 e. The average Bonchev–Trinajstić information content (AvgIpc) is 2.06. The van der Waals surface area contributed by atoms with Crippen molar-refractivity contribution in [3.05, 3.63) is 30.3 Å². The Morgan fingerprint density at radius 1 is 1.31 bits per heavy atom. The normalized spacial score (nSPS) is 7.38. The van der Waals surface area contributed by atoms with Crippen molar-refractivity contribution in [1.82, 2.24) is 0 Å². The molecule has 0 bridgehead atoms. The lowest BCUT2D eigenvalue weighted by molar-refractivity contribution is 0.565. The van der Waals surface area contributed by atoms with Crippen molar-refractivity contribution >= 4 is 17.7 Å². The third-order valence-corrected chi connectivity index (χ3v) is 0.931. The van der Waals surface area contributed by atoms with Crippen molar-refractivity contribution in [1.29, 1.82) is 5.41 Å². The number of rotatable bonds is 1. The minimum Gasteiger partial charge on any atom is -0.370 e. The van der Waals surface area contributed by atoms with Crippen LogP contribution in [0.1, 0.15) is 0 Å². The lowest BCUT2D eigenvalue weighted by Gasteiger charge is -1.83. The number of isocyanates is 1. The highest BCUT2D eigenvalue weighted by molar-refractivity contribution is 5.71. The van der Waals surface area contributed by atoms with Crippen LogP contribution in [0.2, 0.25) is 0 Å². The molecule has 0 heterocycles. The standard InChI is InChI=1S/C7H5NO.CH5N3/c9-6-8-7-4-2-1-3-5-7;2-1(3)4/h1-5H;(H5,2,3,4). The number of para-hydroxylation sites is 1. The monoisotopic (exact) mass is 178 g/mol. The quantitative estimate of drug-likeness (QED) is 0.331. The van der Waals surface area contributed by atoms with Crippen molar-refractivity contribution in [3.8, 4) is 0 Å². The number of aliphatic imine (C=N–C) groups is 1. The fourth-order valence-electron chi connectivity index (χ4n) is 0.555. The molecule has 0 fully saturated rings. The summed E-state index contributed by atoms with van der Waals surface area (Å²) in [6.07, 6.45) is 1.46. The molecule has 0 saturated carbocycles. The van der Waals surface area contributed by atoms with E-state index in [1.165, 1.54) is 6.08 Å². The molecular weight excluding hydrogens is 168 g/mol. The van der Waals surface area contributed by atoms with Crippen LogP contribution in [0.3, 0.4) is 0 Å². The second-order valence-corrected chi connectivity index (χ2v) is 1.99. The molecule has 0 aliphatic rings. The van der Waals surface area contributed by atoms with Gasteiger partial charge in [-0.1, -0.05) is 18.2 Å². The smallest absolute Gasteiger partial charge is 0.240 e. The van der Waals surface area contributed by atoms with Gasteiger partial charge in [0, 0.05) is 0 Å². The fourth-order valence-corrected chi connectivity index (χ4v) is 0.555. The van der Waals surface area contributed by atoms with Gasteiger partial charge in [0.25, 0.3) is 0 Å². The van der Waals surface area contributed by atoms with Crippen LogP contribution in [0.4, 0.5) is 5.69 Å². The minimum absolute atomic E-state index is 0.333. The number of guanidine groups is 1. The lowest BCUT2D eigenvalue weighted by atomic mass is 10.3. The molecule has 5 nitrogen and oxygen atoms in total. The van der Waals surface area contributed by atoms with Crippen molar-refractivity contribution in [2.45, 2.75) is 0 Å². The Hall–Kier alpha value is -2.13. The molecule has 0 saturated heterocycles. The topological polar surface area (TPSA) is 105 Å². The number of nitrogens with zero attached hydrogens (tertiary/aromatic N) is 1. The van der Waals surface area contributed by atoms with E-state index in [1.807, 2.05) is 18.2 Å². The van der Waals surface area contributed by atoms with Crippen LogP contribution in [0, 0.1) is 5.41 Å². The molecule has 0 aromatic heterocycles. The lowest BCUT2D eigenvalue weighted by Crippen LogP contribution is -2.20. The number of nitrogens with one attached hydrogen (secondary N) is 1. The maximum absolute atomic E-state index is 9.68. The number of carbonyl (C=O) groups excluding carboxylic acids is 1. The average molecular weight is 178 g/mol. The van der Waals surface area contributed by atoms with E-state index in [2.05, 4.69) is 16.5 Å². The van der Waals surface area contributed by atoms with E-state index in [9.17, 15) is 4.79 Å². The molecule has 0 aliphatic heterocycles. The summed E-state index contributed by atoms with van der Waals surface area (Å²) in [5, 5.41) is 6.06. The molecular formula is C8H10N4O. The van der Waals surface area contributed by atoms with Gasteiger partial charge in [0.2, 0.25) is 6.08 Å². The Morgan fingerprint density at radius 2 is 1.77 bits per heavy atom. The molecule has 68 valence electrons. The van der Waals surface area contributed by atoms with Crippen LogP contribution >= 0.6 is 0 Å². The zero-order valence-electron chi connectivity index (χ0n) is 6.90. The first-order chi connectivity index (χ1) is 6.16. The van der Waals surface area contributed by atoms with Crippen LogP contribution in [-0.2, 0) is 4.79 Å². The van der Waals surface area contributed by atoms with Gasteiger partial charge in [0.15, 0.2) is 5.96 Å². The molecule has 0 atom stereocenters. The molecule has 1 aromatic carbocycles. The summed E-state index contributed by atoms with van der Waals surface area (Å²) >= 11 is 0. The van der Waals surface area contributed by atoms with Gasteiger partial charge in [-0.25, -0.2) is 4.79 Å². The molecule has 0 unspecified atom stereocenters. The molecule has 1 rings (SSSR count). The Kier molecular flexibility index (Phi) is 5.50. The number of benzene rings is 1. The zero-order chi connectivity index (χ0) is 10.1. The molecule has 1 aromatic rings. The molecule has 0 aliphatic carbocycles. The van der Waals surface area contributed by atoms with Crippen molar-refractivity contribution in [2.75, 3.05) is 0 Å². The van der Waals surface area contributed by atoms with Gasteiger partial charge in [0.1, 0.15) is 0 Å². The predicted molar refractivity (Wildman–Crippen MR) is 50.3 cm³/mol. The first kappa shape index (κ1) is 10.9. The minimum atomic E-state index is -0.333. The summed E-state index contributed by atoms with van der Waals surface area (Å²) in [6, 6.07) is 8.98. The van der Waals surface area contributed by atoms with Gasteiger partial charge in [-0.05, 0) is 12.1 Å². The largest absolute Gasteiger partial charge is 0.370 e. The summed E-state index contributed by atoms with van der Waals surface area (Å²) in [7, 11) is 0. The first-order valence-electron chi connectivity index (χ1n) is 3.39. The summed E-state index contributed by atoms with van der Waals surface area (Å²) < 4.78 is 0. The third-order valence-electron chi connectivity index (χ3n) is 0.931. The summed E-state index contributed by atoms with van der Waals surface area (Å²) in [4.78, 5) is 13.1. The molecule has 0 amide bonds. The van der Waals surface area contributed by atoms with E-state index in [-0.39, 0.29) is 5.96 Å². The molecule has 0 radical (unpaired) electrons.